The summed E-state index contributed by atoms with van der Waals surface area (Å²) < 4.78 is 7.85. The third-order valence-electron chi connectivity index (χ3n) is 4.80. The lowest BCUT2D eigenvalue weighted by atomic mass is 10.1. The standard InChI is InChI=1S/C22H17ClN4O3S/c1-12(15-4-2-13(11-28)6-16(15)23)30-18-7-19(31-21(18)22(25)29)17-9-26-20-5-3-14(8-24)10-27(17)20/h2-7,9-10,12,28H,11H2,1H3,(H2,25,29)/t12-/m1/s1. The van der Waals surface area contributed by atoms with Crippen LogP contribution in [0.15, 0.2) is 48.8 Å². The second-order valence-electron chi connectivity index (χ2n) is 6.84. The fourth-order valence-corrected chi connectivity index (χ4v) is 4.55. The first-order valence-electron chi connectivity index (χ1n) is 9.28. The van der Waals surface area contributed by atoms with Crippen LogP contribution in [0.2, 0.25) is 5.02 Å². The molecule has 4 rings (SSSR count). The van der Waals surface area contributed by atoms with Crippen LogP contribution >= 0.6 is 22.9 Å². The summed E-state index contributed by atoms with van der Waals surface area (Å²) in [5.41, 5.74) is 8.89. The number of nitrogens with two attached hydrogens (primary N) is 1. The largest absolute Gasteiger partial charge is 0.484 e. The highest BCUT2D eigenvalue weighted by atomic mass is 35.5. The van der Waals surface area contributed by atoms with Crippen molar-refractivity contribution in [1.82, 2.24) is 9.38 Å². The number of ether oxygens (including phenoxy) is 1. The van der Waals surface area contributed by atoms with Crippen LogP contribution in [0, 0.1) is 11.3 Å². The molecule has 4 aromatic rings. The van der Waals surface area contributed by atoms with E-state index in [4.69, 9.17) is 22.1 Å². The van der Waals surface area contributed by atoms with Crippen molar-refractivity contribution >= 4 is 34.5 Å². The number of aliphatic hydroxyl groups excluding tert-OH is 1. The number of nitriles is 1. The van der Waals surface area contributed by atoms with Crippen LogP contribution in [0.5, 0.6) is 5.75 Å². The minimum absolute atomic E-state index is 0.109. The molecule has 7 nitrogen and oxygen atoms in total. The normalized spacial score (nSPS) is 11.9. The SMILES string of the molecule is C[C@@H](Oc1cc(-c2cnc3ccc(C#N)cn23)sc1C(N)=O)c1ccc(CO)cc1Cl. The smallest absolute Gasteiger partial charge is 0.262 e. The van der Waals surface area contributed by atoms with E-state index in [1.807, 2.05) is 6.92 Å². The van der Waals surface area contributed by atoms with Crippen LogP contribution in [0.4, 0.5) is 0 Å². The molecule has 1 amide bonds. The number of nitrogens with zero attached hydrogens (tertiary/aromatic N) is 3. The van der Waals surface area contributed by atoms with Gasteiger partial charge in [0, 0.05) is 22.8 Å². The molecular weight excluding hydrogens is 436 g/mol. The van der Waals surface area contributed by atoms with Gasteiger partial charge >= 0.3 is 0 Å². The van der Waals surface area contributed by atoms with Crippen molar-refractivity contribution in [2.45, 2.75) is 19.6 Å². The summed E-state index contributed by atoms with van der Waals surface area (Å²) in [5.74, 6) is -0.264. The third-order valence-corrected chi connectivity index (χ3v) is 6.28. The lowest BCUT2D eigenvalue weighted by Gasteiger charge is -2.16. The number of benzene rings is 1. The Hall–Kier alpha value is -3.38. The van der Waals surface area contributed by atoms with E-state index in [2.05, 4.69) is 11.1 Å². The summed E-state index contributed by atoms with van der Waals surface area (Å²) in [6, 6.07) is 12.5. The summed E-state index contributed by atoms with van der Waals surface area (Å²) in [5, 5.41) is 18.9. The number of carbonyl (C=O) groups is 1. The minimum atomic E-state index is -0.605. The number of pyridine rings is 1. The number of primary amides is 1. The monoisotopic (exact) mass is 452 g/mol. The lowest BCUT2D eigenvalue weighted by molar-refractivity contribution is 0.0998. The minimum Gasteiger partial charge on any atom is -0.484 e. The first kappa shape index (κ1) is 20.9. The lowest BCUT2D eigenvalue weighted by Crippen LogP contribution is -2.12. The zero-order chi connectivity index (χ0) is 22.1. The van der Waals surface area contributed by atoms with Crippen molar-refractivity contribution in [3.05, 3.63) is 75.4 Å². The Bertz CT molecular complexity index is 1340. The first-order valence-corrected chi connectivity index (χ1v) is 10.5. The number of amides is 1. The molecule has 0 bridgehead atoms. The van der Waals surface area contributed by atoms with Crippen LogP contribution in [0.1, 0.15) is 39.4 Å². The van der Waals surface area contributed by atoms with Gasteiger partial charge in [-0.05, 0) is 30.7 Å². The molecule has 0 aliphatic rings. The molecule has 0 unspecified atom stereocenters. The number of fused-ring (bicyclic) bond motifs is 1. The highest BCUT2D eigenvalue weighted by molar-refractivity contribution is 7.17. The molecule has 0 aliphatic heterocycles. The summed E-state index contributed by atoms with van der Waals surface area (Å²) in [4.78, 5) is 17.4. The highest BCUT2D eigenvalue weighted by Gasteiger charge is 2.21. The Balaban J connectivity index is 1.72. The maximum Gasteiger partial charge on any atom is 0.262 e. The Morgan fingerprint density at radius 3 is 2.87 bits per heavy atom. The van der Waals surface area contributed by atoms with Crippen molar-refractivity contribution < 1.29 is 14.6 Å². The van der Waals surface area contributed by atoms with E-state index in [1.54, 1.807) is 53.2 Å². The average Bonchev–Trinajstić information content (AvgIpc) is 3.36. The van der Waals surface area contributed by atoms with Crippen molar-refractivity contribution in [2.24, 2.45) is 5.73 Å². The van der Waals surface area contributed by atoms with Gasteiger partial charge in [-0.2, -0.15) is 5.26 Å². The second kappa shape index (κ2) is 8.40. The predicted molar refractivity (Wildman–Crippen MR) is 118 cm³/mol. The molecule has 0 aliphatic carbocycles. The second-order valence-corrected chi connectivity index (χ2v) is 8.30. The molecule has 1 aromatic carbocycles. The van der Waals surface area contributed by atoms with Crippen molar-refractivity contribution in [3.8, 4) is 22.4 Å². The van der Waals surface area contributed by atoms with Crippen LogP contribution in [0.25, 0.3) is 16.2 Å². The molecule has 0 saturated carbocycles. The molecule has 1 atom stereocenters. The third kappa shape index (κ3) is 3.99. The van der Waals surface area contributed by atoms with E-state index < -0.39 is 12.0 Å². The first-order chi connectivity index (χ1) is 14.9. The van der Waals surface area contributed by atoms with E-state index in [0.29, 0.717) is 33.2 Å². The van der Waals surface area contributed by atoms with E-state index in [-0.39, 0.29) is 11.5 Å². The molecule has 31 heavy (non-hydrogen) atoms. The maximum atomic E-state index is 12.1. The summed E-state index contributed by atoms with van der Waals surface area (Å²) in [7, 11) is 0. The van der Waals surface area contributed by atoms with Gasteiger partial charge in [-0.15, -0.1) is 11.3 Å². The number of hydrogen-bond donors (Lipinski definition) is 2. The quantitative estimate of drug-likeness (QED) is 0.452. The van der Waals surface area contributed by atoms with Gasteiger partial charge in [0.1, 0.15) is 28.4 Å². The molecule has 0 fully saturated rings. The number of carbonyl (C=O) groups excluding carboxylic acids is 1. The number of rotatable bonds is 6. The Morgan fingerprint density at radius 2 is 2.19 bits per heavy atom. The van der Waals surface area contributed by atoms with Crippen molar-refractivity contribution in [2.75, 3.05) is 0 Å². The van der Waals surface area contributed by atoms with E-state index >= 15 is 0 Å². The van der Waals surface area contributed by atoms with E-state index in [1.165, 1.54) is 11.3 Å². The van der Waals surface area contributed by atoms with Gasteiger partial charge in [0.05, 0.1) is 28.9 Å². The topological polar surface area (TPSA) is 114 Å². The van der Waals surface area contributed by atoms with Gasteiger partial charge in [-0.3, -0.25) is 9.20 Å². The van der Waals surface area contributed by atoms with Crippen molar-refractivity contribution in [3.63, 3.8) is 0 Å². The zero-order valence-electron chi connectivity index (χ0n) is 16.4. The van der Waals surface area contributed by atoms with Gasteiger partial charge < -0.3 is 15.6 Å². The molecule has 0 radical (unpaired) electrons. The molecule has 9 heteroatoms. The number of halogens is 1. The maximum absolute atomic E-state index is 12.1. The molecule has 3 N–H and O–H groups in total. The zero-order valence-corrected chi connectivity index (χ0v) is 17.9. The van der Waals surface area contributed by atoms with E-state index in [0.717, 1.165) is 10.4 Å². The summed E-state index contributed by atoms with van der Waals surface area (Å²) in [6.45, 7) is 1.71. The van der Waals surface area contributed by atoms with Gasteiger partial charge in [0.15, 0.2) is 0 Å². The summed E-state index contributed by atoms with van der Waals surface area (Å²) >= 11 is 7.53. The number of hydrogen-bond acceptors (Lipinski definition) is 6. The average molecular weight is 453 g/mol. The van der Waals surface area contributed by atoms with Crippen LogP contribution in [0.3, 0.4) is 0 Å². The molecule has 0 spiro atoms. The van der Waals surface area contributed by atoms with Crippen LogP contribution < -0.4 is 10.5 Å². The molecular formula is C22H17ClN4O3S. The Kier molecular flexibility index (Phi) is 5.65. The van der Waals surface area contributed by atoms with Crippen LogP contribution in [-0.4, -0.2) is 20.4 Å². The highest BCUT2D eigenvalue weighted by Crippen LogP contribution is 2.39. The van der Waals surface area contributed by atoms with Crippen molar-refractivity contribution in [1.29, 1.82) is 5.26 Å². The molecule has 3 aromatic heterocycles. The molecule has 3 heterocycles. The van der Waals surface area contributed by atoms with Gasteiger partial charge in [-0.25, -0.2) is 4.98 Å². The van der Waals surface area contributed by atoms with Gasteiger partial charge in [0.25, 0.3) is 5.91 Å². The summed E-state index contributed by atoms with van der Waals surface area (Å²) in [6.07, 6.45) is 2.89. The number of aliphatic hydroxyl groups is 1. The fourth-order valence-electron chi connectivity index (χ4n) is 3.24. The number of thiophene rings is 1. The molecule has 156 valence electrons. The van der Waals surface area contributed by atoms with Gasteiger partial charge in [-0.1, -0.05) is 23.7 Å². The number of aromatic nitrogens is 2. The Morgan fingerprint density at radius 1 is 1.39 bits per heavy atom. The van der Waals surface area contributed by atoms with E-state index in [9.17, 15) is 15.2 Å². The van der Waals surface area contributed by atoms with Crippen LogP contribution in [-0.2, 0) is 6.61 Å². The number of imidazole rings is 1. The molecule has 0 saturated heterocycles. The predicted octanol–water partition coefficient (Wildman–Crippen LogP) is 4.32. The fraction of sp³-hybridized carbons (Fsp3) is 0.136. The van der Waals surface area contributed by atoms with Gasteiger partial charge in [0.2, 0.25) is 0 Å². The Labute approximate surface area is 186 Å².